The van der Waals surface area contributed by atoms with E-state index in [1.165, 1.54) is 161 Å². The molecule has 4 unspecified atom stereocenters. The quantitative estimate of drug-likeness (QED) is 0.0222. The van der Waals surface area contributed by atoms with Crippen LogP contribution in [0.3, 0.4) is 0 Å². The lowest BCUT2D eigenvalue weighted by atomic mass is 9.99. The highest BCUT2D eigenvalue weighted by Crippen LogP contribution is 2.45. The molecule has 0 aromatic rings. The summed E-state index contributed by atoms with van der Waals surface area (Å²) >= 11 is 0. The van der Waals surface area contributed by atoms with Crippen molar-refractivity contribution < 1.29 is 80.2 Å². The number of phosphoric ester groups is 2. The lowest BCUT2D eigenvalue weighted by Crippen LogP contribution is -2.30. The number of esters is 4. The predicted octanol–water partition coefficient (Wildman–Crippen LogP) is 20.9. The number of rotatable bonds is 70. The van der Waals surface area contributed by atoms with Gasteiger partial charge in [0.05, 0.1) is 26.4 Å². The van der Waals surface area contributed by atoms with Gasteiger partial charge < -0.3 is 33.8 Å². The summed E-state index contributed by atoms with van der Waals surface area (Å²) in [5.41, 5.74) is 0. The Kier molecular flexibility index (Phi) is 61.3. The Hall–Kier alpha value is -1.94. The molecule has 0 saturated heterocycles. The Morgan fingerprint density at radius 2 is 0.522 bits per heavy atom. The molecular formula is C73H142O17P2. The molecule has 0 radical (unpaired) electrons. The van der Waals surface area contributed by atoms with Crippen molar-refractivity contribution in [3.63, 3.8) is 0 Å². The van der Waals surface area contributed by atoms with Crippen molar-refractivity contribution >= 4 is 39.5 Å². The normalized spacial score (nSPS) is 14.8. The minimum absolute atomic E-state index is 0.103. The molecule has 0 heterocycles. The first-order valence-corrected chi connectivity index (χ1v) is 40.8. The zero-order valence-electron chi connectivity index (χ0n) is 60.2. The first-order chi connectivity index (χ1) is 44.2. The molecule has 17 nitrogen and oxygen atoms in total. The number of carbonyl (C=O) groups excluding carboxylic acids is 4. The van der Waals surface area contributed by atoms with E-state index in [-0.39, 0.29) is 25.7 Å². The van der Waals surface area contributed by atoms with Gasteiger partial charge in [0.1, 0.15) is 19.3 Å². The molecule has 0 spiro atoms. The van der Waals surface area contributed by atoms with Crippen LogP contribution in [0, 0.1) is 23.7 Å². The van der Waals surface area contributed by atoms with Gasteiger partial charge in [0.15, 0.2) is 12.2 Å². The Morgan fingerprint density at radius 1 is 0.304 bits per heavy atom. The number of phosphoric acid groups is 2. The number of aliphatic hydroxyl groups is 1. The largest absolute Gasteiger partial charge is 0.472 e. The first kappa shape index (κ1) is 90.1. The molecule has 0 aliphatic carbocycles. The topological polar surface area (TPSA) is 237 Å². The third kappa shape index (κ3) is 64.1. The summed E-state index contributed by atoms with van der Waals surface area (Å²) < 4.78 is 68.4. The third-order valence-corrected chi connectivity index (χ3v) is 19.4. The fourth-order valence-electron chi connectivity index (χ4n) is 11.0. The number of ether oxygens (including phenoxy) is 4. The van der Waals surface area contributed by atoms with Gasteiger partial charge in [-0.05, 0) is 49.4 Å². The second-order valence-corrected chi connectivity index (χ2v) is 30.7. The fraction of sp³-hybridized carbons (Fsp3) is 0.945. The van der Waals surface area contributed by atoms with Crippen molar-refractivity contribution in [2.45, 2.75) is 382 Å². The zero-order valence-corrected chi connectivity index (χ0v) is 62.0. The maximum absolute atomic E-state index is 13.1. The van der Waals surface area contributed by atoms with E-state index in [0.29, 0.717) is 25.7 Å². The molecule has 0 saturated carbocycles. The van der Waals surface area contributed by atoms with Gasteiger partial charge in [-0.3, -0.25) is 37.3 Å². The van der Waals surface area contributed by atoms with Crippen molar-refractivity contribution in [1.82, 2.24) is 0 Å². The van der Waals surface area contributed by atoms with Gasteiger partial charge in [-0.15, -0.1) is 0 Å². The van der Waals surface area contributed by atoms with E-state index in [0.717, 1.165) is 120 Å². The Bertz CT molecular complexity index is 1820. The second kappa shape index (κ2) is 62.6. The molecular weight excluding hydrogens is 1210 g/mol. The number of hydrogen-bond acceptors (Lipinski definition) is 15. The van der Waals surface area contributed by atoms with Crippen LogP contribution in [0.2, 0.25) is 0 Å². The smallest absolute Gasteiger partial charge is 0.462 e. The summed E-state index contributed by atoms with van der Waals surface area (Å²) in [6.07, 6.45) is 45.8. The molecule has 0 amide bonds. The molecule has 7 atom stereocenters. The van der Waals surface area contributed by atoms with Crippen molar-refractivity contribution in [1.29, 1.82) is 0 Å². The summed E-state index contributed by atoms with van der Waals surface area (Å²) in [5.74, 6) is 0.923. The minimum Gasteiger partial charge on any atom is -0.462 e. The van der Waals surface area contributed by atoms with Gasteiger partial charge in [0.2, 0.25) is 0 Å². The second-order valence-electron chi connectivity index (χ2n) is 27.8. The van der Waals surface area contributed by atoms with Crippen LogP contribution < -0.4 is 0 Å². The van der Waals surface area contributed by atoms with Crippen LogP contribution in [0.15, 0.2) is 0 Å². The molecule has 0 fully saturated rings. The molecule has 0 aromatic carbocycles. The van der Waals surface area contributed by atoms with E-state index in [2.05, 4.69) is 55.4 Å². The lowest BCUT2D eigenvalue weighted by molar-refractivity contribution is -0.161. The molecule has 3 N–H and O–H groups in total. The van der Waals surface area contributed by atoms with E-state index in [1.54, 1.807) is 0 Å². The van der Waals surface area contributed by atoms with E-state index in [4.69, 9.17) is 37.0 Å². The summed E-state index contributed by atoms with van der Waals surface area (Å²) in [6, 6.07) is 0. The monoisotopic (exact) mass is 1350 g/mol. The van der Waals surface area contributed by atoms with Crippen molar-refractivity contribution in [3.05, 3.63) is 0 Å². The van der Waals surface area contributed by atoms with E-state index < -0.39 is 97.5 Å². The van der Waals surface area contributed by atoms with Crippen LogP contribution in [0.4, 0.5) is 0 Å². The number of aliphatic hydroxyl groups excluding tert-OH is 1. The molecule has 0 bridgehead atoms. The van der Waals surface area contributed by atoms with Gasteiger partial charge in [0, 0.05) is 25.7 Å². The number of unbranched alkanes of at least 4 members (excludes halogenated alkanes) is 34. The predicted molar refractivity (Wildman–Crippen MR) is 372 cm³/mol. The summed E-state index contributed by atoms with van der Waals surface area (Å²) in [6.45, 7) is 14.1. The van der Waals surface area contributed by atoms with Gasteiger partial charge in [-0.2, -0.15) is 0 Å². The average Bonchev–Trinajstić information content (AvgIpc) is 2.54. The summed E-state index contributed by atoms with van der Waals surface area (Å²) in [7, 11) is -9.91. The van der Waals surface area contributed by atoms with Gasteiger partial charge >= 0.3 is 39.5 Å². The summed E-state index contributed by atoms with van der Waals surface area (Å²) in [4.78, 5) is 72.6. The molecule has 19 heteroatoms. The molecule has 0 aromatic heterocycles. The highest BCUT2D eigenvalue weighted by atomic mass is 31.2. The van der Waals surface area contributed by atoms with Crippen LogP contribution in [0.1, 0.15) is 364 Å². The highest BCUT2D eigenvalue weighted by Gasteiger charge is 2.30. The van der Waals surface area contributed by atoms with Crippen LogP contribution in [-0.4, -0.2) is 96.7 Å². The average molecular weight is 1350 g/mol. The van der Waals surface area contributed by atoms with E-state index in [1.807, 2.05) is 0 Å². The van der Waals surface area contributed by atoms with Gasteiger partial charge in [0.25, 0.3) is 0 Å². The molecule has 0 aliphatic rings. The SMILES string of the molecule is CCC(C)CCCCCCCCCCCCCCCCC(=O)OC[C@H](COP(=O)(O)OC[C@@H](O)COP(=O)(O)OC[C@@H](COC(=O)CCCCCCCCC(C)CC)OC(=O)CCCCCCCCCCC(C)C)OC(=O)CCCCCCCCCCCCC(C)C. The molecule has 546 valence electrons. The molecule has 0 rings (SSSR count). The minimum atomic E-state index is -4.96. The maximum atomic E-state index is 13.1. The Labute approximate surface area is 562 Å². The lowest BCUT2D eigenvalue weighted by Gasteiger charge is -2.21. The van der Waals surface area contributed by atoms with Crippen LogP contribution in [0.25, 0.3) is 0 Å². The van der Waals surface area contributed by atoms with Crippen molar-refractivity contribution in [3.8, 4) is 0 Å². The van der Waals surface area contributed by atoms with Crippen LogP contribution in [0.5, 0.6) is 0 Å². The van der Waals surface area contributed by atoms with Crippen LogP contribution >= 0.6 is 15.6 Å². The molecule has 0 aliphatic heterocycles. The van der Waals surface area contributed by atoms with Crippen LogP contribution in [-0.2, 0) is 65.4 Å². The third-order valence-electron chi connectivity index (χ3n) is 17.5. The Balaban J connectivity index is 5.23. The zero-order chi connectivity index (χ0) is 68.2. The Morgan fingerprint density at radius 3 is 0.772 bits per heavy atom. The van der Waals surface area contributed by atoms with Crippen molar-refractivity contribution in [2.75, 3.05) is 39.6 Å². The van der Waals surface area contributed by atoms with Crippen molar-refractivity contribution in [2.24, 2.45) is 23.7 Å². The highest BCUT2D eigenvalue weighted by molar-refractivity contribution is 7.47. The summed E-state index contributed by atoms with van der Waals surface area (Å²) in [5, 5.41) is 10.6. The standard InChI is InChI=1S/C73H142O17P2/c1-9-65(7)51-43-35-27-20-15-13-11-12-14-16-21-28-37-45-53-70(75)83-59-68(89-72(77)55-47-39-29-22-18-17-19-25-33-41-49-63(3)4)61-87-91(79,80)85-57-67(74)58-86-92(81,82)88-62-69(60-84-71(76)54-46-38-32-31-36-44-52-66(8)10-2)90-73(78)56-48-40-30-24-23-26-34-42-50-64(5)6/h63-69,74H,9-62H2,1-8H3,(H,79,80)(H,81,82)/t65?,66?,67-,68-,69-/m1/s1. The number of hydrogen-bond donors (Lipinski definition) is 3. The van der Waals surface area contributed by atoms with Gasteiger partial charge in [-0.1, -0.05) is 312 Å². The first-order valence-electron chi connectivity index (χ1n) is 37.8. The van der Waals surface area contributed by atoms with E-state index >= 15 is 0 Å². The van der Waals surface area contributed by atoms with E-state index in [9.17, 15) is 43.2 Å². The fourth-order valence-corrected chi connectivity index (χ4v) is 12.5. The number of carbonyl (C=O) groups is 4. The van der Waals surface area contributed by atoms with Gasteiger partial charge in [-0.25, -0.2) is 9.13 Å². The maximum Gasteiger partial charge on any atom is 0.472 e. The molecule has 92 heavy (non-hydrogen) atoms.